The summed E-state index contributed by atoms with van der Waals surface area (Å²) in [5, 5.41) is 18.0. The highest BCUT2D eigenvalue weighted by atomic mass is 16.1. The van der Waals surface area contributed by atoms with E-state index >= 15 is 0 Å². The van der Waals surface area contributed by atoms with Gasteiger partial charge in [0.1, 0.15) is 0 Å². The van der Waals surface area contributed by atoms with Gasteiger partial charge in [-0.3, -0.25) is 4.79 Å². The lowest BCUT2D eigenvalue weighted by Gasteiger charge is -2.09. The fourth-order valence-corrected chi connectivity index (χ4v) is 2.63. The van der Waals surface area contributed by atoms with Crippen LogP contribution in [0.1, 0.15) is 18.9 Å². The first-order valence-corrected chi connectivity index (χ1v) is 8.27. The zero-order valence-electron chi connectivity index (χ0n) is 13.6. The molecule has 0 unspecified atom stereocenters. The van der Waals surface area contributed by atoms with E-state index in [0.29, 0.717) is 6.04 Å². The van der Waals surface area contributed by atoms with Crippen LogP contribution in [-0.4, -0.2) is 32.7 Å². The number of nitrogens with zero attached hydrogens (tertiary/aromatic N) is 4. The van der Waals surface area contributed by atoms with Gasteiger partial charge in [0.2, 0.25) is 5.91 Å². The number of nitrogens with one attached hydrogen (secondary N) is 2. The minimum absolute atomic E-state index is 0.0978. The summed E-state index contributed by atoms with van der Waals surface area (Å²) in [6.07, 6.45) is 2.24. The van der Waals surface area contributed by atoms with Crippen LogP contribution in [0, 0.1) is 0 Å². The second kappa shape index (κ2) is 6.72. The molecule has 2 aromatic carbocycles. The lowest BCUT2D eigenvalue weighted by Crippen LogP contribution is -2.21. The Morgan fingerprint density at radius 2 is 1.88 bits per heavy atom. The van der Waals surface area contributed by atoms with Crippen LogP contribution < -0.4 is 10.6 Å². The summed E-state index contributed by atoms with van der Waals surface area (Å²) in [6.45, 7) is 0.186. The third-order valence-corrected chi connectivity index (χ3v) is 4.02. The van der Waals surface area contributed by atoms with Crippen LogP contribution in [0.2, 0.25) is 0 Å². The van der Waals surface area contributed by atoms with Gasteiger partial charge in [0.25, 0.3) is 0 Å². The van der Waals surface area contributed by atoms with Crippen LogP contribution in [-0.2, 0) is 4.79 Å². The van der Waals surface area contributed by atoms with Gasteiger partial charge in [0.05, 0.1) is 12.6 Å². The van der Waals surface area contributed by atoms with Crippen molar-refractivity contribution in [2.75, 3.05) is 17.2 Å². The number of para-hydroxylation sites is 1. The van der Waals surface area contributed by atoms with Crippen molar-refractivity contribution in [2.24, 2.45) is 0 Å². The lowest BCUT2D eigenvalue weighted by atomic mass is 10.2. The summed E-state index contributed by atoms with van der Waals surface area (Å²) in [4.78, 5) is 12.0. The van der Waals surface area contributed by atoms with Gasteiger partial charge < -0.3 is 10.6 Å². The first-order chi connectivity index (χ1) is 12.3. The van der Waals surface area contributed by atoms with Crippen LogP contribution >= 0.6 is 0 Å². The zero-order valence-corrected chi connectivity index (χ0v) is 13.6. The van der Waals surface area contributed by atoms with Gasteiger partial charge in [-0.15, -0.1) is 5.10 Å². The maximum atomic E-state index is 12.0. The van der Waals surface area contributed by atoms with E-state index in [1.54, 1.807) is 0 Å². The third-order valence-electron chi connectivity index (χ3n) is 4.02. The van der Waals surface area contributed by atoms with Gasteiger partial charge in [0, 0.05) is 16.9 Å². The molecule has 1 heterocycles. The second-order valence-corrected chi connectivity index (χ2v) is 6.03. The number of amides is 1. The lowest BCUT2D eigenvalue weighted by molar-refractivity contribution is -0.114. The molecule has 4 rings (SSSR count). The van der Waals surface area contributed by atoms with Gasteiger partial charge in [-0.05, 0) is 47.5 Å². The highest BCUT2D eigenvalue weighted by molar-refractivity contribution is 5.93. The van der Waals surface area contributed by atoms with E-state index in [4.69, 9.17) is 0 Å². The number of carbonyl (C=O) groups excluding carboxylic acids is 1. The van der Waals surface area contributed by atoms with Crippen molar-refractivity contribution in [1.82, 2.24) is 20.2 Å². The monoisotopic (exact) mass is 334 g/mol. The molecule has 1 amide bonds. The van der Waals surface area contributed by atoms with Gasteiger partial charge in [-0.1, -0.05) is 30.3 Å². The average Bonchev–Trinajstić information content (AvgIpc) is 3.37. The number of benzene rings is 2. The number of anilines is 2. The molecule has 0 spiro atoms. The van der Waals surface area contributed by atoms with E-state index < -0.39 is 0 Å². The number of rotatable bonds is 6. The SMILES string of the molecule is O=C(CNc1cccc(-c2nnnn2C2CC2)c1)Nc1ccccc1. The Balaban J connectivity index is 1.41. The molecule has 1 fully saturated rings. The van der Waals surface area contributed by atoms with Crippen LogP contribution in [0.5, 0.6) is 0 Å². The number of hydrogen-bond donors (Lipinski definition) is 2. The largest absolute Gasteiger partial charge is 0.376 e. The molecule has 1 aliphatic rings. The Hall–Kier alpha value is -3.22. The van der Waals surface area contributed by atoms with Gasteiger partial charge >= 0.3 is 0 Å². The highest BCUT2D eigenvalue weighted by Crippen LogP contribution is 2.36. The Labute approximate surface area is 145 Å². The quantitative estimate of drug-likeness (QED) is 0.724. The van der Waals surface area contributed by atoms with Crippen molar-refractivity contribution in [3.05, 3.63) is 54.6 Å². The molecule has 0 saturated heterocycles. The topological polar surface area (TPSA) is 84.7 Å². The minimum Gasteiger partial charge on any atom is -0.376 e. The molecule has 2 N–H and O–H groups in total. The predicted octanol–water partition coefficient (Wildman–Crippen LogP) is 2.73. The minimum atomic E-state index is -0.0978. The van der Waals surface area contributed by atoms with E-state index in [1.165, 1.54) is 0 Å². The van der Waals surface area contributed by atoms with Gasteiger partial charge in [-0.2, -0.15) is 0 Å². The molecule has 0 radical (unpaired) electrons. The molecular weight excluding hydrogens is 316 g/mol. The summed E-state index contributed by atoms with van der Waals surface area (Å²) >= 11 is 0. The molecule has 1 aromatic heterocycles. The maximum Gasteiger partial charge on any atom is 0.243 e. The van der Waals surface area contributed by atoms with Crippen molar-refractivity contribution in [2.45, 2.75) is 18.9 Å². The molecule has 1 saturated carbocycles. The van der Waals surface area contributed by atoms with E-state index in [9.17, 15) is 4.79 Å². The van der Waals surface area contributed by atoms with Crippen molar-refractivity contribution in [3.8, 4) is 11.4 Å². The number of carbonyl (C=O) groups is 1. The van der Waals surface area contributed by atoms with Crippen molar-refractivity contribution >= 4 is 17.3 Å². The summed E-state index contributed by atoms with van der Waals surface area (Å²) in [6, 6.07) is 17.6. The van der Waals surface area contributed by atoms with Gasteiger partial charge in [0.15, 0.2) is 5.82 Å². The van der Waals surface area contributed by atoms with Crippen LogP contribution in [0.3, 0.4) is 0 Å². The maximum absolute atomic E-state index is 12.0. The first kappa shape index (κ1) is 15.3. The number of tetrazole rings is 1. The fourth-order valence-electron chi connectivity index (χ4n) is 2.63. The summed E-state index contributed by atoms with van der Waals surface area (Å²) in [5.74, 6) is 0.666. The Kier molecular flexibility index (Phi) is 4.12. The molecule has 25 heavy (non-hydrogen) atoms. The Morgan fingerprint density at radius 1 is 1.08 bits per heavy atom. The van der Waals surface area contributed by atoms with Crippen LogP contribution in [0.15, 0.2) is 54.6 Å². The molecule has 1 aliphatic carbocycles. The van der Waals surface area contributed by atoms with E-state index in [2.05, 4.69) is 26.2 Å². The van der Waals surface area contributed by atoms with Crippen LogP contribution in [0.25, 0.3) is 11.4 Å². The van der Waals surface area contributed by atoms with Crippen LogP contribution in [0.4, 0.5) is 11.4 Å². The molecule has 7 heteroatoms. The summed E-state index contributed by atoms with van der Waals surface area (Å²) < 4.78 is 1.88. The normalized spacial score (nSPS) is 13.4. The molecule has 0 bridgehead atoms. The summed E-state index contributed by atoms with van der Waals surface area (Å²) in [7, 11) is 0. The van der Waals surface area contributed by atoms with E-state index in [-0.39, 0.29) is 12.5 Å². The fraction of sp³-hybridized carbons (Fsp3) is 0.222. The first-order valence-electron chi connectivity index (χ1n) is 8.27. The average molecular weight is 334 g/mol. The van der Waals surface area contributed by atoms with Crippen molar-refractivity contribution in [1.29, 1.82) is 0 Å². The van der Waals surface area contributed by atoms with E-state index in [0.717, 1.165) is 35.6 Å². The standard InChI is InChI=1S/C18H18N6O/c25-17(20-14-6-2-1-3-7-14)12-19-15-8-4-5-13(11-15)18-21-22-23-24(18)16-9-10-16/h1-8,11,16,19H,9-10,12H2,(H,20,25). The number of aromatic nitrogens is 4. The summed E-state index contributed by atoms with van der Waals surface area (Å²) in [5.41, 5.74) is 2.57. The predicted molar refractivity (Wildman–Crippen MR) is 95.1 cm³/mol. The van der Waals surface area contributed by atoms with Crippen molar-refractivity contribution < 1.29 is 4.79 Å². The molecule has 126 valence electrons. The smallest absolute Gasteiger partial charge is 0.243 e. The Morgan fingerprint density at radius 3 is 2.68 bits per heavy atom. The third kappa shape index (κ3) is 3.65. The van der Waals surface area contributed by atoms with Gasteiger partial charge in [-0.25, -0.2) is 4.68 Å². The second-order valence-electron chi connectivity index (χ2n) is 6.03. The molecule has 3 aromatic rings. The highest BCUT2D eigenvalue weighted by Gasteiger charge is 2.28. The molecule has 0 atom stereocenters. The van der Waals surface area contributed by atoms with Crippen molar-refractivity contribution in [3.63, 3.8) is 0 Å². The number of hydrogen-bond acceptors (Lipinski definition) is 5. The molecule has 7 nitrogen and oxygen atoms in total. The molecule has 0 aliphatic heterocycles. The van der Waals surface area contributed by atoms with E-state index in [1.807, 2.05) is 59.3 Å². The Bertz CT molecular complexity index is 872. The zero-order chi connectivity index (χ0) is 17.1. The molecular formula is C18H18N6O.